The molecule has 1 heterocycles. The third-order valence-corrected chi connectivity index (χ3v) is 4.75. The number of carbonyl (C=O) groups is 1. The summed E-state index contributed by atoms with van der Waals surface area (Å²) in [6.07, 6.45) is 1.62. The van der Waals surface area contributed by atoms with E-state index in [-0.39, 0.29) is 5.91 Å². The van der Waals surface area contributed by atoms with Crippen molar-refractivity contribution in [3.63, 3.8) is 0 Å². The van der Waals surface area contributed by atoms with Crippen LogP contribution in [-0.4, -0.2) is 17.4 Å². The molecule has 6 heteroatoms. The van der Waals surface area contributed by atoms with Crippen LogP contribution in [0, 0.1) is 0 Å². The minimum atomic E-state index is -0.230. The molecule has 3 rings (SSSR count). The van der Waals surface area contributed by atoms with Crippen LogP contribution in [0.4, 0.5) is 0 Å². The molecule has 26 heavy (non-hydrogen) atoms. The molecule has 4 nitrogen and oxygen atoms in total. The number of hydrogen-bond acceptors (Lipinski definition) is 4. The second kappa shape index (κ2) is 8.65. The van der Waals surface area contributed by atoms with Gasteiger partial charge in [0.25, 0.3) is 5.91 Å². The second-order valence-electron chi connectivity index (χ2n) is 5.45. The van der Waals surface area contributed by atoms with Crippen molar-refractivity contribution >= 4 is 28.8 Å². The molecule has 1 N–H and O–H groups in total. The third kappa shape index (κ3) is 4.50. The first-order chi connectivity index (χ1) is 12.7. The molecular formula is C20H17ClN2O2S. The fraction of sp³-hybridized carbons (Fsp3) is 0.100. The normalized spacial score (nSPS) is 10.3. The molecule has 2 aromatic carbocycles. The molecule has 0 unspecified atom stereocenters. The van der Waals surface area contributed by atoms with E-state index in [2.05, 4.69) is 16.9 Å². The number of rotatable bonds is 7. The van der Waals surface area contributed by atoms with Crippen molar-refractivity contribution in [2.45, 2.75) is 6.61 Å². The Morgan fingerprint density at radius 2 is 2.08 bits per heavy atom. The van der Waals surface area contributed by atoms with Crippen LogP contribution in [0.15, 0.2) is 66.6 Å². The highest BCUT2D eigenvalue weighted by Gasteiger charge is 2.13. The lowest BCUT2D eigenvalue weighted by Gasteiger charge is -2.08. The van der Waals surface area contributed by atoms with Gasteiger partial charge in [-0.15, -0.1) is 17.9 Å². The van der Waals surface area contributed by atoms with Gasteiger partial charge in [-0.2, -0.15) is 0 Å². The Morgan fingerprint density at radius 1 is 1.27 bits per heavy atom. The van der Waals surface area contributed by atoms with E-state index in [1.54, 1.807) is 17.5 Å². The van der Waals surface area contributed by atoms with E-state index in [0.29, 0.717) is 34.6 Å². The van der Waals surface area contributed by atoms with Gasteiger partial charge >= 0.3 is 0 Å². The molecule has 0 bridgehead atoms. The maximum absolute atomic E-state index is 11.9. The van der Waals surface area contributed by atoms with E-state index in [4.69, 9.17) is 16.3 Å². The summed E-state index contributed by atoms with van der Waals surface area (Å²) in [5, 5.41) is 5.63. The molecule has 0 saturated heterocycles. The van der Waals surface area contributed by atoms with Crippen molar-refractivity contribution in [3.8, 4) is 16.3 Å². The Morgan fingerprint density at radius 3 is 2.81 bits per heavy atom. The average molecular weight is 385 g/mol. The van der Waals surface area contributed by atoms with Crippen molar-refractivity contribution in [3.05, 3.63) is 82.8 Å². The van der Waals surface area contributed by atoms with Crippen molar-refractivity contribution < 1.29 is 9.53 Å². The van der Waals surface area contributed by atoms with E-state index in [9.17, 15) is 4.79 Å². The van der Waals surface area contributed by atoms with Crippen LogP contribution in [0.25, 0.3) is 10.6 Å². The summed E-state index contributed by atoms with van der Waals surface area (Å²) in [6.45, 7) is 4.45. The zero-order chi connectivity index (χ0) is 18.4. The van der Waals surface area contributed by atoms with E-state index < -0.39 is 0 Å². The largest absolute Gasteiger partial charge is 0.489 e. The minimum Gasteiger partial charge on any atom is -0.489 e. The molecule has 0 atom stereocenters. The van der Waals surface area contributed by atoms with Crippen LogP contribution in [-0.2, 0) is 6.61 Å². The van der Waals surface area contributed by atoms with Crippen molar-refractivity contribution in [1.82, 2.24) is 10.3 Å². The zero-order valence-electron chi connectivity index (χ0n) is 13.9. The topological polar surface area (TPSA) is 51.2 Å². The Bertz CT molecular complexity index is 909. The third-order valence-electron chi connectivity index (χ3n) is 3.56. The standard InChI is InChI=1S/C20H17ClN2O2S/c1-2-10-22-19(24)18-13-26-20(23-18)16-9-8-15(11-17(16)21)25-12-14-6-4-3-5-7-14/h2-9,11,13H,1,10,12H2,(H,22,24). The van der Waals surface area contributed by atoms with E-state index in [0.717, 1.165) is 11.1 Å². The average Bonchev–Trinajstić information content (AvgIpc) is 3.15. The Labute approximate surface area is 161 Å². The number of aromatic nitrogens is 1. The minimum absolute atomic E-state index is 0.230. The number of ether oxygens (including phenoxy) is 1. The predicted molar refractivity (Wildman–Crippen MR) is 106 cm³/mol. The molecule has 0 spiro atoms. The van der Waals surface area contributed by atoms with Crippen LogP contribution in [0.3, 0.4) is 0 Å². The number of thiazole rings is 1. The summed E-state index contributed by atoms with van der Waals surface area (Å²) in [6, 6.07) is 15.4. The Kier molecular flexibility index (Phi) is 6.04. The van der Waals surface area contributed by atoms with Gasteiger partial charge in [0, 0.05) is 17.5 Å². The van der Waals surface area contributed by atoms with Crippen LogP contribution in [0.5, 0.6) is 5.75 Å². The van der Waals surface area contributed by atoms with Gasteiger partial charge in [0.15, 0.2) is 0 Å². The van der Waals surface area contributed by atoms with Crippen LogP contribution in [0.1, 0.15) is 16.1 Å². The number of nitrogens with zero attached hydrogens (tertiary/aromatic N) is 1. The molecule has 1 aromatic heterocycles. The predicted octanol–water partition coefficient (Wildman–Crippen LogP) is 4.96. The van der Waals surface area contributed by atoms with Gasteiger partial charge in [-0.25, -0.2) is 4.98 Å². The summed E-state index contributed by atoms with van der Waals surface area (Å²) >= 11 is 7.76. The van der Waals surface area contributed by atoms with E-state index in [1.807, 2.05) is 42.5 Å². The van der Waals surface area contributed by atoms with Gasteiger partial charge in [0.1, 0.15) is 23.1 Å². The first-order valence-electron chi connectivity index (χ1n) is 7.98. The zero-order valence-corrected chi connectivity index (χ0v) is 15.5. The fourth-order valence-electron chi connectivity index (χ4n) is 2.26. The van der Waals surface area contributed by atoms with Crippen LogP contribution < -0.4 is 10.1 Å². The first-order valence-corrected chi connectivity index (χ1v) is 9.24. The molecule has 1 amide bonds. The van der Waals surface area contributed by atoms with Gasteiger partial charge in [0.2, 0.25) is 0 Å². The second-order valence-corrected chi connectivity index (χ2v) is 6.72. The molecule has 0 aliphatic heterocycles. The molecule has 0 radical (unpaired) electrons. The van der Waals surface area contributed by atoms with Gasteiger partial charge in [-0.1, -0.05) is 48.0 Å². The van der Waals surface area contributed by atoms with Crippen molar-refractivity contribution in [1.29, 1.82) is 0 Å². The highest BCUT2D eigenvalue weighted by atomic mass is 35.5. The number of amides is 1. The molecule has 132 valence electrons. The van der Waals surface area contributed by atoms with Gasteiger partial charge < -0.3 is 10.1 Å². The van der Waals surface area contributed by atoms with E-state index >= 15 is 0 Å². The summed E-state index contributed by atoms with van der Waals surface area (Å²) < 4.78 is 5.78. The van der Waals surface area contributed by atoms with Gasteiger partial charge in [-0.3, -0.25) is 4.79 Å². The fourth-order valence-corrected chi connectivity index (χ4v) is 3.41. The summed E-state index contributed by atoms with van der Waals surface area (Å²) in [5.41, 5.74) is 2.22. The molecule has 0 aliphatic carbocycles. The van der Waals surface area contributed by atoms with Crippen LogP contribution >= 0.6 is 22.9 Å². The quantitative estimate of drug-likeness (QED) is 0.586. The maximum atomic E-state index is 11.9. The molecule has 3 aromatic rings. The van der Waals surface area contributed by atoms with Crippen molar-refractivity contribution in [2.24, 2.45) is 0 Å². The highest BCUT2D eigenvalue weighted by Crippen LogP contribution is 2.33. The smallest absolute Gasteiger partial charge is 0.271 e. The van der Waals surface area contributed by atoms with Crippen LogP contribution in [0.2, 0.25) is 5.02 Å². The Balaban J connectivity index is 1.70. The summed E-state index contributed by atoms with van der Waals surface area (Å²) in [7, 11) is 0. The number of halogens is 1. The lowest BCUT2D eigenvalue weighted by Crippen LogP contribution is -2.23. The number of nitrogens with one attached hydrogen (secondary N) is 1. The molecule has 0 fully saturated rings. The lowest BCUT2D eigenvalue weighted by atomic mass is 10.2. The Hall–Kier alpha value is -2.63. The number of benzene rings is 2. The van der Waals surface area contributed by atoms with Gasteiger partial charge in [0.05, 0.1) is 5.02 Å². The van der Waals surface area contributed by atoms with Gasteiger partial charge in [-0.05, 0) is 23.8 Å². The monoisotopic (exact) mass is 384 g/mol. The maximum Gasteiger partial charge on any atom is 0.271 e. The number of carbonyl (C=O) groups excluding carboxylic acids is 1. The first kappa shape index (κ1) is 18.2. The number of hydrogen-bond donors (Lipinski definition) is 1. The highest BCUT2D eigenvalue weighted by molar-refractivity contribution is 7.13. The summed E-state index contributed by atoms with van der Waals surface area (Å²) in [4.78, 5) is 16.3. The van der Waals surface area contributed by atoms with Crippen molar-refractivity contribution in [2.75, 3.05) is 6.54 Å². The summed E-state index contributed by atoms with van der Waals surface area (Å²) in [5.74, 6) is 0.453. The lowest BCUT2D eigenvalue weighted by molar-refractivity contribution is 0.0954. The molecular weight excluding hydrogens is 368 g/mol. The van der Waals surface area contributed by atoms with E-state index in [1.165, 1.54) is 11.3 Å². The molecule has 0 aliphatic rings. The SMILES string of the molecule is C=CCNC(=O)c1csc(-c2ccc(OCc3ccccc3)cc2Cl)n1. The molecule has 0 saturated carbocycles.